The van der Waals surface area contributed by atoms with Gasteiger partial charge in [-0.25, -0.2) is 4.98 Å². The van der Waals surface area contributed by atoms with Crippen LogP contribution < -0.4 is 10.6 Å². The Morgan fingerprint density at radius 3 is 3.27 bits per heavy atom. The van der Waals surface area contributed by atoms with Gasteiger partial charge < -0.3 is 10.6 Å². The van der Waals surface area contributed by atoms with Gasteiger partial charge in [-0.05, 0) is 26.3 Å². The van der Waals surface area contributed by atoms with Crippen LogP contribution in [0.25, 0.3) is 0 Å². The summed E-state index contributed by atoms with van der Waals surface area (Å²) in [5, 5.41) is 9.03. The van der Waals surface area contributed by atoms with Gasteiger partial charge in [0.15, 0.2) is 0 Å². The van der Waals surface area contributed by atoms with Crippen LogP contribution in [-0.2, 0) is 4.79 Å². The van der Waals surface area contributed by atoms with Crippen molar-refractivity contribution >= 4 is 17.2 Å². The summed E-state index contributed by atoms with van der Waals surface area (Å²) in [4.78, 5) is 15.9. The first-order valence-electron chi connectivity index (χ1n) is 5.20. The average Bonchev–Trinajstić information content (AvgIpc) is 2.91. The van der Waals surface area contributed by atoms with Crippen molar-refractivity contribution in [2.24, 2.45) is 0 Å². The van der Waals surface area contributed by atoms with Gasteiger partial charge in [0.25, 0.3) is 0 Å². The molecule has 2 N–H and O–H groups in total. The predicted octanol–water partition coefficient (Wildman–Crippen LogP) is 1.07. The third-order valence-electron chi connectivity index (χ3n) is 2.56. The number of carbonyl (C=O) groups excluding carboxylic acids is 1. The molecule has 2 rings (SSSR count). The number of carbonyl (C=O) groups is 1. The van der Waals surface area contributed by atoms with E-state index in [0.717, 1.165) is 24.4 Å². The van der Waals surface area contributed by atoms with Crippen molar-refractivity contribution in [2.75, 3.05) is 6.54 Å². The molecule has 0 spiro atoms. The minimum absolute atomic E-state index is 0.00703. The largest absolute Gasteiger partial charge is 0.346 e. The van der Waals surface area contributed by atoms with E-state index in [-0.39, 0.29) is 18.0 Å². The van der Waals surface area contributed by atoms with Crippen molar-refractivity contribution in [2.45, 2.75) is 31.8 Å². The van der Waals surface area contributed by atoms with Crippen molar-refractivity contribution in [1.29, 1.82) is 0 Å². The summed E-state index contributed by atoms with van der Waals surface area (Å²) in [7, 11) is 0. The predicted molar refractivity (Wildman–Crippen MR) is 59.7 cm³/mol. The second-order valence-corrected chi connectivity index (χ2v) is 4.68. The number of nitrogens with zero attached hydrogens (tertiary/aromatic N) is 1. The van der Waals surface area contributed by atoms with Crippen molar-refractivity contribution in [1.82, 2.24) is 15.6 Å². The van der Waals surface area contributed by atoms with Gasteiger partial charge in [0.1, 0.15) is 5.01 Å². The lowest BCUT2D eigenvalue weighted by Gasteiger charge is -2.15. The second kappa shape index (κ2) is 4.72. The maximum Gasteiger partial charge on any atom is 0.237 e. The zero-order chi connectivity index (χ0) is 10.7. The van der Waals surface area contributed by atoms with Crippen LogP contribution in [-0.4, -0.2) is 23.5 Å². The zero-order valence-electron chi connectivity index (χ0n) is 8.69. The summed E-state index contributed by atoms with van der Waals surface area (Å²) < 4.78 is 0. The number of amides is 1. The molecule has 5 heteroatoms. The molecule has 1 amide bonds. The van der Waals surface area contributed by atoms with E-state index in [4.69, 9.17) is 0 Å². The molecule has 1 fully saturated rings. The molecule has 0 aliphatic carbocycles. The first-order valence-corrected chi connectivity index (χ1v) is 6.08. The van der Waals surface area contributed by atoms with E-state index < -0.39 is 0 Å². The molecule has 1 saturated heterocycles. The molecule has 4 nitrogen and oxygen atoms in total. The standard InChI is InChI=1S/C10H15N3OS/c1-7(10-12-5-6-15-10)13-9(14)8-3-2-4-11-8/h5-8,11H,2-4H2,1H3,(H,13,14)/t7?,8-/m1/s1. The first kappa shape index (κ1) is 10.6. The lowest BCUT2D eigenvalue weighted by Crippen LogP contribution is -2.41. The highest BCUT2D eigenvalue weighted by Crippen LogP contribution is 2.15. The molecule has 15 heavy (non-hydrogen) atoms. The van der Waals surface area contributed by atoms with Crippen LogP contribution in [0.5, 0.6) is 0 Å². The Hall–Kier alpha value is -0.940. The van der Waals surface area contributed by atoms with E-state index >= 15 is 0 Å². The lowest BCUT2D eigenvalue weighted by atomic mass is 10.2. The van der Waals surface area contributed by atoms with Gasteiger partial charge >= 0.3 is 0 Å². The summed E-state index contributed by atoms with van der Waals surface area (Å²) in [6.07, 6.45) is 3.79. The van der Waals surface area contributed by atoms with Crippen LogP contribution in [0.1, 0.15) is 30.8 Å². The molecule has 0 saturated carbocycles. The number of hydrogen-bond acceptors (Lipinski definition) is 4. The number of rotatable bonds is 3. The monoisotopic (exact) mass is 225 g/mol. The summed E-state index contributed by atoms with van der Waals surface area (Å²) in [5.74, 6) is 0.0928. The third-order valence-corrected chi connectivity index (χ3v) is 3.52. The Bertz CT molecular complexity index is 319. The minimum atomic E-state index is -0.00703. The molecule has 1 aliphatic rings. The summed E-state index contributed by atoms with van der Waals surface area (Å²) in [6, 6.07) is 0.00677. The summed E-state index contributed by atoms with van der Waals surface area (Å²) in [6.45, 7) is 2.91. The fraction of sp³-hybridized carbons (Fsp3) is 0.600. The van der Waals surface area contributed by atoms with E-state index in [2.05, 4.69) is 15.6 Å². The highest BCUT2D eigenvalue weighted by Gasteiger charge is 2.23. The van der Waals surface area contributed by atoms with Gasteiger partial charge in [0, 0.05) is 11.6 Å². The maximum atomic E-state index is 11.8. The smallest absolute Gasteiger partial charge is 0.237 e. The van der Waals surface area contributed by atoms with Crippen molar-refractivity contribution in [3.05, 3.63) is 16.6 Å². The molecule has 2 atom stereocenters. The van der Waals surface area contributed by atoms with Crippen molar-refractivity contribution in [3.8, 4) is 0 Å². The Labute approximate surface area is 93.1 Å². The minimum Gasteiger partial charge on any atom is -0.346 e. The molecule has 2 heterocycles. The molecule has 1 aromatic heterocycles. The molecular weight excluding hydrogens is 210 g/mol. The zero-order valence-corrected chi connectivity index (χ0v) is 9.51. The van der Waals surface area contributed by atoms with Crippen molar-refractivity contribution in [3.63, 3.8) is 0 Å². The van der Waals surface area contributed by atoms with Gasteiger partial charge in [-0.2, -0.15) is 0 Å². The van der Waals surface area contributed by atoms with Crippen LogP contribution in [0.2, 0.25) is 0 Å². The number of hydrogen-bond donors (Lipinski definition) is 2. The third kappa shape index (κ3) is 2.54. The van der Waals surface area contributed by atoms with Crippen LogP contribution in [0, 0.1) is 0 Å². The fourth-order valence-electron chi connectivity index (χ4n) is 1.73. The van der Waals surface area contributed by atoms with E-state index in [9.17, 15) is 4.79 Å². The van der Waals surface area contributed by atoms with Crippen molar-refractivity contribution < 1.29 is 4.79 Å². The lowest BCUT2D eigenvalue weighted by molar-refractivity contribution is -0.123. The highest BCUT2D eigenvalue weighted by atomic mass is 32.1. The van der Waals surface area contributed by atoms with Crippen LogP contribution in [0.15, 0.2) is 11.6 Å². The molecule has 1 aliphatic heterocycles. The topological polar surface area (TPSA) is 54.0 Å². The fourth-order valence-corrected chi connectivity index (χ4v) is 2.38. The number of aromatic nitrogens is 1. The van der Waals surface area contributed by atoms with E-state index in [0.29, 0.717) is 0 Å². The molecule has 0 bridgehead atoms. The normalized spacial score (nSPS) is 22.6. The van der Waals surface area contributed by atoms with Crippen LogP contribution >= 0.6 is 11.3 Å². The quantitative estimate of drug-likeness (QED) is 0.809. The second-order valence-electron chi connectivity index (χ2n) is 3.75. The molecular formula is C10H15N3OS. The number of nitrogens with one attached hydrogen (secondary N) is 2. The molecule has 82 valence electrons. The molecule has 1 aromatic rings. The number of thiazole rings is 1. The average molecular weight is 225 g/mol. The summed E-state index contributed by atoms with van der Waals surface area (Å²) >= 11 is 1.57. The van der Waals surface area contributed by atoms with E-state index in [1.165, 1.54) is 0 Å². The first-order chi connectivity index (χ1) is 7.27. The Morgan fingerprint density at radius 2 is 2.67 bits per heavy atom. The Balaban J connectivity index is 1.88. The van der Waals surface area contributed by atoms with Gasteiger partial charge in [0.05, 0.1) is 12.1 Å². The summed E-state index contributed by atoms with van der Waals surface area (Å²) in [5.41, 5.74) is 0. The van der Waals surface area contributed by atoms with Gasteiger partial charge in [-0.1, -0.05) is 0 Å². The van der Waals surface area contributed by atoms with E-state index in [1.807, 2.05) is 12.3 Å². The Morgan fingerprint density at radius 1 is 1.80 bits per heavy atom. The molecule has 1 unspecified atom stereocenters. The van der Waals surface area contributed by atoms with Crippen LogP contribution in [0.3, 0.4) is 0 Å². The Kier molecular flexibility index (Phi) is 3.33. The molecule has 0 aromatic carbocycles. The van der Waals surface area contributed by atoms with Gasteiger partial charge in [0.2, 0.25) is 5.91 Å². The SMILES string of the molecule is CC(NC(=O)[C@H]1CCCN1)c1nccs1. The maximum absolute atomic E-state index is 11.8. The highest BCUT2D eigenvalue weighted by molar-refractivity contribution is 7.09. The van der Waals surface area contributed by atoms with Gasteiger partial charge in [-0.3, -0.25) is 4.79 Å². The van der Waals surface area contributed by atoms with Gasteiger partial charge in [-0.15, -0.1) is 11.3 Å². The molecule has 0 radical (unpaired) electrons. The van der Waals surface area contributed by atoms with Crippen LogP contribution in [0.4, 0.5) is 0 Å². The van der Waals surface area contributed by atoms with E-state index in [1.54, 1.807) is 17.5 Å².